The maximum absolute atomic E-state index is 13.1. The van der Waals surface area contributed by atoms with Crippen LogP contribution in [-0.4, -0.2) is 36.5 Å². The molecular weight excluding hydrogens is 567 g/mol. The molecule has 11 heteroatoms. The zero-order valence-corrected chi connectivity index (χ0v) is 23.5. The Morgan fingerprint density at radius 3 is 2.39 bits per heavy atom. The number of thiocarbonyl (C=S) groups is 1. The number of hydrogen-bond donors (Lipinski definition) is 1. The highest BCUT2D eigenvalue weighted by atomic mass is 35.5. The third-order valence-electron chi connectivity index (χ3n) is 5.19. The second kappa shape index (κ2) is 12.5. The number of rotatable bonds is 9. The molecule has 1 N–H and O–H groups in total. The molecule has 1 fully saturated rings. The summed E-state index contributed by atoms with van der Waals surface area (Å²) in [5.74, 6) is 0.872. The van der Waals surface area contributed by atoms with Crippen molar-refractivity contribution in [3.05, 3.63) is 81.2 Å². The van der Waals surface area contributed by atoms with Crippen molar-refractivity contribution in [2.45, 2.75) is 6.92 Å². The zero-order valence-electron chi connectivity index (χ0n) is 20.3. The number of amides is 2. The summed E-state index contributed by atoms with van der Waals surface area (Å²) >= 11 is 18.6. The maximum Gasteiger partial charge on any atom is 0.270 e. The van der Waals surface area contributed by atoms with Gasteiger partial charge in [-0.25, -0.2) is 0 Å². The van der Waals surface area contributed by atoms with Crippen LogP contribution in [0.5, 0.6) is 17.2 Å². The standard InChI is InChI=1S/C27H22Cl2N2O5S2/c1-3-35-21-7-5-20(6-8-21)31-26(33)24(38-27(31)37)11-16-4-9-22(23(10-16)34-2)36-15-25(32)30-19-13-17(28)12-18(29)14-19/h4-14H,3,15H2,1-2H3,(H,30,32)/b24-11-. The van der Waals surface area contributed by atoms with Crippen LogP contribution in [0.15, 0.2) is 65.6 Å². The second-order valence-electron chi connectivity index (χ2n) is 7.85. The van der Waals surface area contributed by atoms with Crippen molar-refractivity contribution in [2.24, 2.45) is 0 Å². The molecular formula is C27H22Cl2N2O5S2. The van der Waals surface area contributed by atoms with Crippen molar-refractivity contribution in [1.82, 2.24) is 0 Å². The minimum Gasteiger partial charge on any atom is -0.494 e. The predicted octanol–water partition coefficient (Wildman–Crippen LogP) is 6.82. The van der Waals surface area contributed by atoms with E-state index in [1.54, 1.807) is 66.7 Å². The van der Waals surface area contributed by atoms with Crippen molar-refractivity contribution in [1.29, 1.82) is 0 Å². The Morgan fingerprint density at radius 1 is 1.03 bits per heavy atom. The topological polar surface area (TPSA) is 77.1 Å². The summed E-state index contributed by atoms with van der Waals surface area (Å²) in [6, 6.07) is 17.1. The first-order valence-corrected chi connectivity index (χ1v) is 13.3. The van der Waals surface area contributed by atoms with Crippen LogP contribution in [0.4, 0.5) is 11.4 Å². The summed E-state index contributed by atoms with van der Waals surface area (Å²) in [6.07, 6.45) is 1.73. The van der Waals surface area contributed by atoms with Crippen molar-refractivity contribution < 1.29 is 23.8 Å². The van der Waals surface area contributed by atoms with Crippen molar-refractivity contribution in [3.63, 3.8) is 0 Å². The van der Waals surface area contributed by atoms with Gasteiger partial charge >= 0.3 is 0 Å². The van der Waals surface area contributed by atoms with E-state index in [2.05, 4.69) is 5.32 Å². The van der Waals surface area contributed by atoms with E-state index in [-0.39, 0.29) is 12.5 Å². The number of ether oxygens (including phenoxy) is 3. The van der Waals surface area contributed by atoms with Crippen LogP contribution in [0.3, 0.4) is 0 Å². The number of hydrogen-bond acceptors (Lipinski definition) is 7. The van der Waals surface area contributed by atoms with Crippen LogP contribution in [0.25, 0.3) is 6.08 Å². The van der Waals surface area contributed by atoms with E-state index < -0.39 is 5.91 Å². The summed E-state index contributed by atoms with van der Waals surface area (Å²) in [6.45, 7) is 2.20. The van der Waals surface area contributed by atoms with Gasteiger partial charge in [0, 0.05) is 15.7 Å². The maximum atomic E-state index is 13.1. The van der Waals surface area contributed by atoms with E-state index in [1.165, 1.54) is 23.8 Å². The Bertz CT molecular complexity index is 1390. The molecule has 4 rings (SSSR count). The van der Waals surface area contributed by atoms with E-state index in [4.69, 9.17) is 49.6 Å². The first-order chi connectivity index (χ1) is 18.3. The van der Waals surface area contributed by atoms with E-state index in [9.17, 15) is 9.59 Å². The van der Waals surface area contributed by atoms with Gasteiger partial charge in [-0.3, -0.25) is 14.5 Å². The van der Waals surface area contributed by atoms with Gasteiger partial charge in [0.1, 0.15) is 5.75 Å². The molecule has 3 aromatic rings. The molecule has 1 aliphatic heterocycles. The molecule has 0 saturated carbocycles. The molecule has 0 radical (unpaired) electrons. The number of carbonyl (C=O) groups is 2. The molecule has 38 heavy (non-hydrogen) atoms. The number of anilines is 2. The molecule has 2 amide bonds. The third-order valence-corrected chi connectivity index (χ3v) is 6.93. The Hall–Kier alpha value is -3.24. The molecule has 0 spiro atoms. The van der Waals surface area contributed by atoms with Crippen LogP contribution >= 0.6 is 47.2 Å². The molecule has 1 saturated heterocycles. The predicted molar refractivity (Wildman–Crippen MR) is 157 cm³/mol. The fourth-order valence-electron chi connectivity index (χ4n) is 3.56. The largest absolute Gasteiger partial charge is 0.494 e. The highest BCUT2D eigenvalue weighted by Crippen LogP contribution is 2.37. The molecule has 1 aliphatic rings. The number of nitrogens with one attached hydrogen (secondary N) is 1. The van der Waals surface area contributed by atoms with E-state index >= 15 is 0 Å². The molecule has 0 bridgehead atoms. The van der Waals surface area contributed by atoms with Crippen LogP contribution in [0.2, 0.25) is 10.0 Å². The van der Waals surface area contributed by atoms with Gasteiger partial charge in [0.05, 0.1) is 24.3 Å². The van der Waals surface area contributed by atoms with Gasteiger partial charge in [-0.1, -0.05) is 53.2 Å². The lowest BCUT2D eigenvalue weighted by Gasteiger charge is -2.15. The quantitative estimate of drug-likeness (QED) is 0.217. The first kappa shape index (κ1) is 27.8. The van der Waals surface area contributed by atoms with E-state index in [1.807, 2.05) is 6.92 Å². The fraction of sp³-hybridized carbons (Fsp3) is 0.148. The number of nitrogens with zero attached hydrogens (tertiary/aromatic N) is 1. The van der Waals surface area contributed by atoms with Crippen molar-refractivity contribution in [3.8, 4) is 17.2 Å². The average molecular weight is 590 g/mol. The minimum absolute atomic E-state index is 0.221. The lowest BCUT2D eigenvalue weighted by atomic mass is 10.1. The Labute approximate surface area is 239 Å². The van der Waals surface area contributed by atoms with Gasteiger partial charge in [-0.2, -0.15) is 0 Å². The number of benzene rings is 3. The van der Waals surface area contributed by atoms with E-state index in [0.29, 0.717) is 54.3 Å². The molecule has 1 heterocycles. The molecule has 0 aromatic heterocycles. The minimum atomic E-state index is -0.396. The van der Waals surface area contributed by atoms with Crippen LogP contribution in [0, 0.1) is 0 Å². The molecule has 7 nitrogen and oxygen atoms in total. The van der Waals surface area contributed by atoms with Gasteiger partial charge in [-0.05, 0) is 73.2 Å². The van der Waals surface area contributed by atoms with Crippen LogP contribution < -0.4 is 24.4 Å². The summed E-state index contributed by atoms with van der Waals surface area (Å²) < 4.78 is 17.0. The Morgan fingerprint density at radius 2 is 1.74 bits per heavy atom. The highest BCUT2D eigenvalue weighted by Gasteiger charge is 2.33. The smallest absolute Gasteiger partial charge is 0.270 e. The van der Waals surface area contributed by atoms with E-state index in [0.717, 1.165) is 5.75 Å². The molecule has 0 atom stereocenters. The van der Waals surface area contributed by atoms with Crippen molar-refractivity contribution in [2.75, 3.05) is 30.5 Å². The summed E-state index contributed by atoms with van der Waals surface area (Å²) in [5, 5.41) is 3.49. The van der Waals surface area contributed by atoms with Gasteiger partial charge in [-0.15, -0.1) is 0 Å². The highest BCUT2D eigenvalue weighted by molar-refractivity contribution is 8.27. The summed E-state index contributed by atoms with van der Waals surface area (Å²) in [4.78, 5) is 27.4. The summed E-state index contributed by atoms with van der Waals surface area (Å²) in [7, 11) is 1.49. The molecule has 0 aliphatic carbocycles. The van der Waals surface area contributed by atoms with Gasteiger partial charge in [0.25, 0.3) is 11.8 Å². The number of methoxy groups -OCH3 is 1. The lowest BCUT2D eigenvalue weighted by Crippen LogP contribution is -2.27. The molecule has 0 unspecified atom stereocenters. The van der Waals surface area contributed by atoms with Crippen molar-refractivity contribution >= 4 is 80.8 Å². The van der Waals surface area contributed by atoms with Gasteiger partial charge in [0.2, 0.25) is 0 Å². The third kappa shape index (κ3) is 6.79. The SMILES string of the molecule is CCOc1ccc(N2C(=O)/C(=C/c3ccc(OCC(=O)Nc4cc(Cl)cc(Cl)c4)c(OC)c3)SC2=S)cc1. The zero-order chi connectivity index (χ0) is 27.2. The number of carbonyl (C=O) groups excluding carboxylic acids is 2. The summed E-state index contributed by atoms with van der Waals surface area (Å²) in [5.41, 5.74) is 1.83. The average Bonchev–Trinajstić information content (AvgIpc) is 3.15. The number of thioether (sulfide) groups is 1. The Kier molecular flexibility index (Phi) is 9.17. The Balaban J connectivity index is 1.43. The monoisotopic (exact) mass is 588 g/mol. The van der Waals surface area contributed by atoms with Gasteiger partial charge < -0.3 is 19.5 Å². The number of halogens is 2. The molecule has 196 valence electrons. The fourth-order valence-corrected chi connectivity index (χ4v) is 5.38. The second-order valence-corrected chi connectivity index (χ2v) is 10.4. The van der Waals surface area contributed by atoms with Gasteiger partial charge in [0.15, 0.2) is 22.4 Å². The first-order valence-electron chi connectivity index (χ1n) is 11.3. The lowest BCUT2D eigenvalue weighted by molar-refractivity contribution is -0.118. The normalized spacial score (nSPS) is 14.1. The molecule has 3 aromatic carbocycles. The van der Waals surface area contributed by atoms with Crippen LogP contribution in [0.1, 0.15) is 12.5 Å². The van der Waals surface area contributed by atoms with Crippen LogP contribution in [-0.2, 0) is 9.59 Å².